The van der Waals surface area contributed by atoms with Gasteiger partial charge in [-0.15, -0.1) is 0 Å². The molecular formula is C14H15N3O2S2. The van der Waals surface area contributed by atoms with E-state index in [4.69, 9.17) is 17.4 Å². The number of nitrogens with two attached hydrogens (primary N) is 1. The Balaban J connectivity index is 2.01. The Morgan fingerprint density at radius 1 is 0.952 bits per heavy atom. The number of aryl methyl sites for hydroxylation is 1. The average Bonchev–Trinajstić information content (AvgIpc) is 2.41. The normalized spacial score (nSPS) is 11.0. The molecule has 7 heteroatoms. The van der Waals surface area contributed by atoms with Crippen LogP contribution in [0.4, 0.5) is 11.4 Å². The van der Waals surface area contributed by atoms with Crippen molar-refractivity contribution in [2.45, 2.75) is 11.8 Å². The highest BCUT2D eigenvalue weighted by Gasteiger charge is 2.07. The van der Waals surface area contributed by atoms with Crippen LogP contribution >= 0.6 is 12.2 Å². The van der Waals surface area contributed by atoms with Gasteiger partial charge >= 0.3 is 0 Å². The van der Waals surface area contributed by atoms with Crippen molar-refractivity contribution in [2.75, 3.05) is 10.6 Å². The summed E-state index contributed by atoms with van der Waals surface area (Å²) in [7, 11) is -3.68. The molecule has 110 valence electrons. The summed E-state index contributed by atoms with van der Waals surface area (Å²) >= 11 is 5.19. The first-order valence-electron chi connectivity index (χ1n) is 6.12. The van der Waals surface area contributed by atoms with Crippen molar-refractivity contribution in [2.24, 2.45) is 5.14 Å². The fraction of sp³-hybridized carbons (Fsp3) is 0.0714. The summed E-state index contributed by atoms with van der Waals surface area (Å²) < 4.78 is 22.3. The topological polar surface area (TPSA) is 84.2 Å². The van der Waals surface area contributed by atoms with Crippen LogP contribution in [0.15, 0.2) is 53.4 Å². The van der Waals surface area contributed by atoms with Gasteiger partial charge in [-0.25, -0.2) is 13.6 Å². The molecule has 0 heterocycles. The van der Waals surface area contributed by atoms with Crippen molar-refractivity contribution < 1.29 is 8.42 Å². The van der Waals surface area contributed by atoms with Crippen molar-refractivity contribution in [1.82, 2.24) is 0 Å². The molecular weight excluding hydrogens is 306 g/mol. The van der Waals surface area contributed by atoms with Gasteiger partial charge in [0.1, 0.15) is 0 Å². The van der Waals surface area contributed by atoms with E-state index in [1.54, 1.807) is 12.1 Å². The van der Waals surface area contributed by atoms with Gasteiger partial charge in [-0.1, -0.05) is 17.7 Å². The summed E-state index contributed by atoms with van der Waals surface area (Å²) in [5, 5.41) is 11.5. The zero-order valence-corrected chi connectivity index (χ0v) is 13.0. The van der Waals surface area contributed by atoms with Crippen LogP contribution in [0.1, 0.15) is 5.56 Å². The molecule has 2 aromatic rings. The van der Waals surface area contributed by atoms with Crippen LogP contribution in [0.25, 0.3) is 0 Å². The average molecular weight is 321 g/mol. The van der Waals surface area contributed by atoms with Gasteiger partial charge in [0.2, 0.25) is 10.0 Å². The van der Waals surface area contributed by atoms with Crippen molar-refractivity contribution in [3.63, 3.8) is 0 Å². The van der Waals surface area contributed by atoms with Gasteiger partial charge in [-0.05, 0) is 55.5 Å². The van der Waals surface area contributed by atoms with Crippen LogP contribution in [0.3, 0.4) is 0 Å². The molecule has 0 spiro atoms. The van der Waals surface area contributed by atoms with Crippen molar-refractivity contribution >= 4 is 38.7 Å². The maximum Gasteiger partial charge on any atom is 0.238 e. The molecule has 0 saturated heterocycles. The monoisotopic (exact) mass is 321 g/mol. The molecule has 2 aromatic carbocycles. The first-order valence-corrected chi connectivity index (χ1v) is 8.07. The molecule has 0 aromatic heterocycles. The highest BCUT2D eigenvalue weighted by molar-refractivity contribution is 7.89. The lowest BCUT2D eigenvalue weighted by Crippen LogP contribution is -2.19. The second-order valence-corrected chi connectivity index (χ2v) is 6.48. The minimum atomic E-state index is -3.68. The predicted molar refractivity (Wildman–Crippen MR) is 88.8 cm³/mol. The molecule has 0 saturated carbocycles. The highest BCUT2D eigenvalue weighted by Crippen LogP contribution is 2.14. The number of anilines is 2. The molecule has 2 rings (SSSR count). The third-order valence-electron chi connectivity index (χ3n) is 2.75. The summed E-state index contributed by atoms with van der Waals surface area (Å²) in [6.45, 7) is 2.01. The Bertz CT molecular complexity index is 739. The lowest BCUT2D eigenvalue weighted by atomic mass is 10.2. The third-order valence-corrected chi connectivity index (χ3v) is 3.88. The van der Waals surface area contributed by atoms with E-state index in [0.717, 1.165) is 11.3 Å². The van der Waals surface area contributed by atoms with Gasteiger partial charge in [-0.3, -0.25) is 0 Å². The second-order valence-electron chi connectivity index (χ2n) is 4.51. The molecule has 5 nitrogen and oxygen atoms in total. The molecule has 0 radical (unpaired) electrons. The molecule has 21 heavy (non-hydrogen) atoms. The first-order chi connectivity index (χ1) is 9.84. The zero-order chi connectivity index (χ0) is 15.5. The van der Waals surface area contributed by atoms with Crippen LogP contribution in [-0.2, 0) is 10.0 Å². The molecule has 0 aliphatic heterocycles. The van der Waals surface area contributed by atoms with Crippen LogP contribution in [0.5, 0.6) is 0 Å². The van der Waals surface area contributed by atoms with E-state index in [9.17, 15) is 8.42 Å². The van der Waals surface area contributed by atoms with Crippen molar-refractivity contribution in [1.29, 1.82) is 0 Å². The van der Waals surface area contributed by atoms with Crippen molar-refractivity contribution in [3.05, 3.63) is 54.1 Å². The van der Waals surface area contributed by atoms with Gasteiger partial charge in [-0.2, -0.15) is 0 Å². The Kier molecular flexibility index (Phi) is 4.56. The number of rotatable bonds is 3. The lowest BCUT2D eigenvalue weighted by Gasteiger charge is -2.11. The fourth-order valence-corrected chi connectivity index (χ4v) is 2.41. The number of benzene rings is 2. The molecule has 0 unspecified atom stereocenters. The fourth-order valence-electron chi connectivity index (χ4n) is 1.66. The zero-order valence-electron chi connectivity index (χ0n) is 11.3. The largest absolute Gasteiger partial charge is 0.332 e. The van der Waals surface area contributed by atoms with Gasteiger partial charge < -0.3 is 10.6 Å². The quantitative estimate of drug-likeness (QED) is 0.756. The summed E-state index contributed by atoms with van der Waals surface area (Å²) in [5.74, 6) is 0. The molecule has 0 fully saturated rings. The van der Waals surface area contributed by atoms with Crippen LogP contribution < -0.4 is 15.8 Å². The van der Waals surface area contributed by atoms with Gasteiger partial charge in [0.25, 0.3) is 0 Å². The van der Waals surface area contributed by atoms with E-state index >= 15 is 0 Å². The van der Waals surface area contributed by atoms with Gasteiger partial charge in [0.05, 0.1) is 4.90 Å². The van der Waals surface area contributed by atoms with E-state index in [0.29, 0.717) is 10.8 Å². The molecule has 0 bridgehead atoms. The van der Waals surface area contributed by atoms with Gasteiger partial charge in [0, 0.05) is 11.4 Å². The number of hydrogen-bond acceptors (Lipinski definition) is 3. The van der Waals surface area contributed by atoms with Crippen LogP contribution in [0.2, 0.25) is 0 Å². The maximum atomic E-state index is 11.2. The number of sulfonamides is 1. The maximum absolute atomic E-state index is 11.2. The smallest absolute Gasteiger partial charge is 0.238 e. The highest BCUT2D eigenvalue weighted by atomic mass is 32.2. The van der Waals surface area contributed by atoms with E-state index in [1.165, 1.54) is 12.1 Å². The number of thiocarbonyl (C=S) groups is 1. The van der Waals surface area contributed by atoms with E-state index in [2.05, 4.69) is 10.6 Å². The Hall–Kier alpha value is -1.96. The number of nitrogens with one attached hydrogen (secondary N) is 2. The first kappa shape index (κ1) is 15.4. The predicted octanol–water partition coefficient (Wildman–Crippen LogP) is 2.45. The molecule has 0 amide bonds. The molecule has 0 aliphatic carbocycles. The minimum absolute atomic E-state index is 0.0606. The van der Waals surface area contributed by atoms with E-state index < -0.39 is 10.0 Å². The van der Waals surface area contributed by atoms with E-state index in [1.807, 2.05) is 31.2 Å². The summed E-state index contributed by atoms with van der Waals surface area (Å²) in [6.07, 6.45) is 0. The number of hydrogen-bond donors (Lipinski definition) is 3. The SMILES string of the molecule is Cc1ccc(NC(=S)Nc2ccc(S(N)(=O)=O)cc2)cc1. The van der Waals surface area contributed by atoms with E-state index in [-0.39, 0.29) is 4.90 Å². The summed E-state index contributed by atoms with van der Waals surface area (Å²) in [6, 6.07) is 13.8. The minimum Gasteiger partial charge on any atom is -0.332 e. The second kappa shape index (κ2) is 6.21. The Morgan fingerprint density at radius 3 is 1.81 bits per heavy atom. The molecule has 4 N–H and O–H groups in total. The standard InChI is InChI=1S/C14H15N3O2S2/c1-10-2-4-11(5-3-10)16-14(20)17-12-6-8-13(9-7-12)21(15,18)19/h2-9H,1H3,(H2,15,18,19)(H2,16,17,20). The summed E-state index contributed by atoms with van der Waals surface area (Å²) in [4.78, 5) is 0.0606. The Morgan fingerprint density at radius 2 is 1.38 bits per heavy atom. The lowest BCUT2D eigenvalue weighted by molar-refractivity contribution is 0.598. The molecule has 0 atom stereocenters. The van der Waals surface area contributed by atoms with Crippen LogP contribution in [0, 0.1) is 6.92 Å². The van der Waals surface area contributed by atoms with Gasteiger partial charge in [0.15, 0.2) is 5.11 Å². The Labute approximate surface area is 129 Å². The third kappa shape index (κ3) is 4.52. The van der Waals surface area contributed by atoms with Crippen molar-refractivity contribution in [3.8, 4) is 0 Å². The van der Waals surface area contributed by atoms with Crippen LogP contribution in [-0.4, -0.2) is 13.5 Å². The summed E-state index contributed by atoms with van der Waals surface area (Å²) in [5.41, 5.74) is 2.71. The molecule has 0 aliphatic rings. The number of primary sulfonamides is 1.